The Morgan fingerprint density at radius 3 is 2.61 bits per heavy atom. The molecule has 4 nitrogen and oxygen atoms in total. The van der Waals surface area contributed by atoms with Gasteiger partial charge in [0, 0.05) is 0 Å². The topological polar surface area (TPSA) is 72.2 Å². The average molecular weight is 266 g/mol. The molecule has 0 atom stereocenters. The number of amides is 2. The van der Waals surface area contributed by atoms with Crippen molar-refractivity contribution < 1.29 is 9.59 Å². The number of hydrogen-bond acceptors (Lipinski definition) is 3. The zero-order valence-corrected chi connectivity index (χ0v) is 11.1. The second kappa shape index (κ2) is 5.52. The molecule has 0 radical (unpaired) electrons. The zero-order chi connectivity index (χ0) is 13.0. The summed E-state index contributed by atoms with van der Waals surface area (Å²) >= 11 is 1.56. The Balaban J connectivity index is 2.00. The molecule has 1 heterocycles. The molecule has 2 rings (SSSR count). The van der Waals surface area contributed by atoms with Gasteiger partial charge in [0.05, 0.1) is 6.42 Å². The zero-order valence-electron chi connectivity index (χ0n) is 10.3. The van der Waals surface area contributed by atoms with Crippen LogP contribution in [-0.2, 0) is 16.0 Å². The molecular formula is C13H18N2O2S. The van der Waals surface area contributed by atoms with Gasteiger partial charge in [0.15, 0.2) is 0 Å². The molecule has 1 aromatic heterocycles. The van der Waals surface area contributed by atoms with Gasteiger partial charge in [-0.15, -0.1) is 0 Å². The summed E-state index contributed by atoms with van der Waals surface area (Å²) in [6.45, 7) is 0. The molecular weight excluding hydrogens is 248 g/mol. The van der Waals surface area contributed by atoms with Crippen LogP contribution in [0.3, 0.4) is 0 Å². The third-order valence-corrected chi connectivity index (χ3v) is 4.23. The number of thiophene rings is 1. The number of rotatable bonds is 4. The summed E-state index contributed by atoms with van der Waals surface area (Å²) in [4.78, 5) is 23.6. The summed E-state index contributed by atoms with van der Waals surface area (Å²) in [5.74, 6) is -0.519. The van der Waals surface area contributed by atoms with Gasteiger partial charge in [-0.05, 0) is 35.2 Å². The maximum atomic E-state index is 12.0. The van der Waals surface area contributed by atoms with Crippen molar-refractivity contribution in [3.05, 3.63) is 22.4 Å². The van der Waals surface area contributed by atoms with Crippen LogP contribution in [0.25, 0.3) is 0 Å². The molecule has 1 aliphatic rings. The highest BCUT2D eigenvalue weighted by Gasteiger charge is 2.38. The number of carbonyl (C=O) groups is 2. The minimum Gasteiger partial charge on any atom is -0.368 e. The monoisotopic (exact) mass is 266 g/mol. The molecule has 0 aliphatic heterocycles. The molecule has 5 heteroatoms. The molecule has 98 valence electrons. The van der Waals surface area contributed by atoms with E-state index in [2.05, 4.69) is 5.32 Å². The SMILES string of the molecule is NC(=O)C1(NC(=O)Cc2ccsc2)CCCCC1. The summed E-state index contributed by atoms with van der Waals surface area (Å²) in [6.07, 6.45) is 4.65. The second-order valence-electron chi connectivity index (χ2n) is 4.86. The first-order valence-corrected chi connectivity index (χ1v) is 7.19. The lowest BCUT2D eigenvalue weighted by Crippen LogP contribution is -2.58. The van der Waals surface area contributed by atoms with E-state index in [1.165, 1.54) is 0 Å². The van der Waals surface area contributed by atoms with Gasteiger partial charge in [0.2, 0.25) is 11.8 Å². The van der Waals surface area contributed by atoms with Gasteiger partial charge >= 0.3 is 0 Å². The number of nitrogens with two attached hydrogens (primary N) is 1. The Labute approximate surface area is 111 Å². The molecule has 0 bridgehead atoms. The largest absolute Gasteiger partial charge is 0.368 e. The summed E-state index contributed by atoms with van der Waals surface area (Å²) in [7, 11) is 0. The maximum Gasteiger partial charge on any atom is 0.243 e. The summed E-state index contributed by atoms with van der Waals surface area (Å²) in [6, 6.07) is 1.92. The highest BCUT2D eigenvalue weighted by Crippen LogP contribution is 2.28. The van der Waals surface area contributed by atoms with Crippen molar-refractivity contribution in [1.82, 2.24) is 5.32 Å². The molecule has 1 aliphatic carbocycles. The number of primary amides is 1. The number of carbonyl (C=O) groups excluding carboxylic acids is 2. The van der Waals surface area contributed by atoms with Gasteiger partial charge in [-0.3, -0.25) is 9.59 Å². The lowest BCUT2D eigenvalue weighted by molar-refractivity contribution is -0.132. The summed E-state index contributed by atoms with van der Waals surface area (Å²) in [5.41, 5.74) is 5.64. The molecule has 0 spiro atoms. The highest BCUT2D eigenvalue weighted by atomic mass is 32.1. The quantitative estimate of drug-likeness (QED) is 0.868. The second-order valence-corrected chi connectivity index (χ2v) is 5.64. The number of nitrogens with one attached hydrogen (secondary N) is 1. The van der Waals surface area contributed by atoms with Crippen molar-refractivity contribution in [2.24, 2.45) is 5.73 Å². The molecule has 1 aromatic rings. The van der Waals surface area contributed by atoms with Crippen LogP contribution in [-0.4, -0.2) is 17.4 Å². The van der Waals surface area contributed by atoms with E-state index in [1.807, 2.05) is 16.8 Å². The molecule has 0 aromatic carbocycles. The fraction of sp³-hybridized carbons (Fsp3) is 0.538. The minimum absolute atomic E-state index is 0.117. The van der Waals surface area contributed by atoms with Crippen LogP contribution in [0.5, 0.6) is 0 Å². The van der Waals surface area contributed by atoms with Gasteiger partial charge in [-0.1, -0.05) is 19.3 Å². The van der Waals surface area contributed by atoms with Crippen molar-refractivity contribution in [3.8, 4) is 0 Å². The lowest BCUT2D eigenvalue weighted by atomic mass is 9.81. The van der Waals surface area contributed by atoms with Gasteiger partial charge in [0.1, 0.15) is 5.54 Å². The molecule has 3 N–H and O–H groups in total. The Morgan fingerprint density at radius 2 is 2.06 bits per heavy atom. The maximum absolute atomic E-state index is 12.0. The van der Waals surface area contributed by atoms with Crippen LogP contribution in [0, 0.1) is 0 Å². The molecule has 2 amide bonds. The van der Waals surface area contributed by atoms with Crippen molar-refractivity contribution in [1.29, 1.82) is 0 Å². The molecule has 0 saturated heterocycles. The van der Waals surface area contributed by atoms with Crippen molar-refractivity contribution >= 4 is 23.2 Å². The van der Waals surface area contributed by atoms with Crippen LogP contribution >= 0.6 is 11.3 Å². The van der Waals surface area contributed by atoms with Crippen LogP contribution < -0.4 is 11.1 Å². The standard InChI is InChI=1S/C13H18N2O2S/c14-12(17)13(5-2-1-3-6-13)15-11(16)8-10-4-7-18-9-10/h4,7,9H,1-3,5-6,8H2,(H2,14,17)(H,15,16). The fourth-order valence-electron chi connectivity index (χ4n) is 2.48. The van der Waals surface area contributed by atoms with Crippen molar-refractivity contribution in [3.63, 3.8) is 0 Å². The van der Waals surface area contributed by atoms with E-state index in [9.17, 15) is 9.59 Å². The van der Waals surface area contributed by atoms with E-state index in [-0.39, 0.29) is 5.91 Å². The Hall–Kier alpha value is -1.36. The van der Waals surface area contributed by atoms with E-state index in [4.69, 9.17) is 5.73 Å². The van der Waals surface area contributed by atoms with Crippen LogP contribution in [0.15, 0.2) is 16.8 Å². The Morgan fingerprint density at radius 1 is 1.33 bits per heavy atom. The molecule has 1 saturated carbocycles. The Kier molecular flexibility index (Phi) is 4.01. The van der Waals surface area contributed by atoms with E-state index < -0.39 is 11.4 Å². The third kappa shape index (κ3) is 2.90. The first kappa shape index (κ1) is 13.1. The summed E-state index contributed by atoms with van der Waals surface area (Å²) < 4.78 is 0. The van der Waals surface area contributed by atoms with Gasteiger partial charge in [-0.2, -0.15) is 11.3 Å². The first-order valence-electron chi connectivity index (χ1n) is 6.24. The van der Waals surface area contributed by atoms with Gasteiger partial charge < -0.3 is 11.1 Å². The number of hydrogen-bond donors (Lipinski definition) is 2. The van der Waals surface area contributed by atoms with Crippen LogP contribution in [0.2, 0.25) is 0 Å². The highest BCUT2D eigenvalue weighted by molar-refractivity contribution is 7.07. The van der Waals surface area contributed by atoms with E-state index in [0.717, 1.165) is 24.8 Å². The fourth-order valence-corrected chi connectivity index (χ4v) is 3.15. The molecule has 18 heavy (non-hydrogen) atoms. The predicted molar refractivity (Wildman–Crippen MR) is 71.2 cm³/mol. The van der Waals surface area contributed by atoms with E-state index in [0.29, 0.717) is 19.3 Å². The van der Waals surface area contributed by atoms with Crippen LogP contribution in [0.1, 0.15) is 37.7 Å². The minimum atomic E-state index is -0.814. The smallest absolute Gasteiger partial charge is 0.243 e. The van der Waals surface area contributed by atoms with Gasteiger partial charge in [-0.25, -0.2) is 0 Å². The third-order valence-electron chi connectivity index (χ3n) is 3.50. The lowest BCUT2D eigenvalue weighted by Gasteiger charge is -2.35. The predicted octanol–water partition coefficient (Wildman–Crippen LogP) is 1.59. The summed E-state index contributed by atoms with van der Waals surface area (Å²) in [5, 5.41) is 6.74. The first-order chi connectivity index (χ1) is 8.62. The van der Waals surface area contributed by atoms with E-state index in [1.54, 1.807) is 11.3 Å². The van der Waals surface area contributed by atoms with Crippen LogP contribution in [0.4, 0.5) is 0 Å². The van der Waals surface area contributed by atoms with Crippen molar-refractivity contribution in [2.45, 2.75) is 44.1 Å². The van der Waals surface area contributed by atoms with Crippen molar-refractivity contribution in [2.75, 3.05) is 0 Å². The molecule has 0 unspecified atom stereocenters. The Bertz CT molecular complexity index is 422. The molecule has 1 fully saturated rings. The average Bonchev–Trinajstić information content (AvgIpc) is 2.82. The van der Waals surface area contributed by atoms with E-state index >= 15 is 0 Å². The normalized spacial score (nSPS) is 18.2. The van der Waals surface area contributed by atoms with Gasteiger partial charge in [0.25, 0.3) is 0 Å².